The van der Waals surface area contributed by atoms with Gasteiger partial charge in [0.25, 0.3) is 0 Å². The van der Waals surface area contributed by atoms with E-state index in [2.05, 4.69) is 4.90 Å². The first-order chi connectivity index (χ1) is 13.3. The highest BCUT2D eigenvalue weighted by Gasteiger charge is 2.15. The maximum atomic E-state index is 11.6. The lowest BCUT2D eigenvalue weighted by molar-refractivity contribution is 0.101. The smallest absolute Gasteiger partial charge is 0.414 e. The Morgan fingerprint density at radius 2 is 1.45 bits per heavy atom. The molecule has 158 valence electrons. The third kappa shape index (κ3) is 7.40. The molecular formula is C22H29ClN2O4. The minimum absolute atomic E-state index is 0. The Morgan fingerprint density at radius 1 is 0.897 bits per heavy atom. The lowest BCUT2D eigenvalue weighted by Crippen LogP contribution is -2.25. The van der Waals surface area contributed by atoms with Crippen molar-refractivity contribution >= 4 is 24.3 Å². The molecule has 1 amide bonds. The first-order valence-electron chi connectivity index (χ1n) is 9.17. The van der Waals surface area contributed by atoms with E-state index in [9.17, 15) is 9.59 Å². The molecule has 2 aromatic rings. The Morgan fingerprint density at radius 3 is 1.93 bits per heavy atom. The van der Waals surface area contributed by atoms with E-state index in [0.717, 1.165) is 17.7 Å². The Labute approximate surface area is 178 Å². The lowest BCUT2D eigenvalue weighted by Gasteiger charge is -2.25. The number of ketones is 1. The summed E-state index contributed by atoms with van der Waals surface area (Å²) in [5, 5.41) is 0. The van der Waals surface area contributed by atoms with Crippen LogP contribution < -0.4 is 9.47 Å². The van der Waals surface area contributed by atoms with Crippen molar-refractivity contribution in [3.63, 3.8) is 0 Å². The summed E-state index contributed by atoms with van der Waals surface area (Å²) in [5.74, 6) is 1.30. The summed E-state index contributed by atoms with van der Waals surface area (Å²) in [6, 6.07) is 14.9. The summed E-state index contributed by atoms with van der Waals surface area (Å²) in [6.45, 7) is 2.09. The minimum Gasteiger partial charge on any atom is -0.494 e. The van der Waals surface area contributed by atoms with Crippen molar-refractivity contribution in [3.05, 3.63) is 59.7 Å². The molecule has 0 fully saturated rings. The maximum absolute atomic E-state index is 11.6. The highest BCUT2D eigenvalue weighted by molar-refractivity contribution is 5.94. The summed E-state index contributed by atoms with van der Waals surface area (Å²) >= 11 is 0. The highest BCUT2D eigenvalue weighted by Crippen LogP contribution is 2.25. The molecule has 0 radical (unpaired) electrons. The van der Waals surface area contributed by atoms with Gasteiger partial charge in [0.15, 0.2) is 5.78 Å². The molecule has 0 bridgehead atoms. The van der Waals surface area contributed by atoms with Crippen LogP contribution in [-0.4, -0.2) is 56.5 Å². The van der Waals surface area contributed by atoms with E-state index >= 15 is 0 Å². The molecule has 0 aliphatic rings. The zero-order chi connectivity index (χ0) is 20.7. The van der Waals surface area contributed by atoms with Crippen molar-refractivity contribution in [2.24, 2.45) is 0 Å². The summed E-state index contributed by atoms with van der Waals surface area (Å²) in [4.78, 5) is 26.5. The topological polar surface area (TPSA) is 59.1 Å². The zero-order valence-corrected chi connectivity index (χ0v) is 18.4. The van der Waals surface area contributed by atoms with E-state index in [1.807, 2.05) is 38.4 Å². The maximum Gasteiger partial charge on any atom is 0.414 e. The average Bonchev–Trinajstić information content (AvgIpc) is 2.66. The van der Waals surface area contributed by atoms with Crippen LogP contribution in [0.3, 0.4) is 0 Å². The molecule has 2 aromatic carbocycles. The number of carbonyl (C=O) groups is 2. The van der Waals surface area contributed by atoms with E-state index < -0.39 is 6.09 Å². The second kappa shape index (κ2) is 11.4. The van der Waals surface area contributed by atoms with E-state index in [1.165, 1.54) is 4.90 Å². The molecule has 29 heavy (non-hydrogen) atoms. The summed E-state index contributed by atoms with van der Waals surface area (Å²) in [6.07, 6.45) is 0.388. The van der Waals surface area contributed by atoms with Gasteiger partial charge in [-0.05, 0) is 63.0 Å². The third-order valence-electron chi connectivity index (χ3n) is 4.38. The first-order valence-corrected chi connectivity index (χ1v) is 9.17. The number of carbonyl (C=O) groups excluding carboxylic acids is 2. The standard InChI is InChI=1S/C22H28N2O4.ClH/c1-16(25)17-6-10-19(11-7-17)27-15-14-21(23(2)3)18-8-12-20(13-9-18)28-22(26)24(4)5;/h6-13,21H,14-15H2,1-5H3;1H. The number of ether oxygens (including phenoxy) is 2. The Hall–Kier alpha value is -2.57. The molecule has 0 aliphatic heterocycles. The fraction of sp³-hybridized carbons (Fsp3) is 0.364. The Kier molecular flexibility index (Phi) is 9.65. The van der Waals surface area contributed by atoms with Gasteiger partial charge in [0.05, 0.1) is 6.61 Å². The second-order valence-electron chi connectivity index (χ2n) is 7.03. The van der Waals surface area contributed by atoms with Gasteiger partial charge in [-0.3, -0.25) is 4.79 Å². The molecule has 0 spiro atoms. The average molecular weight is 421 g/mol. The van der Waals surface area contributed by atoms with Crippen LogP contribution in [0.25, 0.3) is 0 Å². The van der Waals surface area contributed by atoms with Crippen LogP contribution in [0.5, 0.6) is 11.5 Å². The van der Waals surface area contributed by atoms with Crippen LogP contribution >= 0.6 is 12.4 Å². The van der Waals surface area contributed by atoms with Gasteiger partial charge in [-0.25, -0.2) is 4.79 Å². The molecule has 2 rings (SSSR count). The van der Waals surface area contributed by atoms with Gasteiger partial charge in [-0.2, -0.15) is 0 Å². The summed E-state index contributed by atoms with van der Waals surface area (Å²) in [5.41, 5.74) is 1.79. The van der Waals surface area contributed by atoms with E-state index in [0.29, 0.717) is 17.9 Å². The van der Waals surface area contributed by atoms with Gasteiger partial charge >= 0.3 is 6.09 Å². The predicted octanol–water partition coefficient (Wildman–Crippen LogP) is 4.44. The fourth-order valence-electron chi connectivity index (χ4n) is 2.75. The normalized spacial score (nSPS) is 11.4. The summed E-state index contributed by atoms with van der Waals surface area (Å²) in [7, 11) is 7.33. The van der Waals surface area contributed by atoms with E-state index in [4.69, 9.17) is 9.47 Å². The third-order valence-corrected chi connectivity index (χ3v) is 4.38. The molecule has 1 atom stereocenters. The molecule has 6 nitrogen and oxygen atoms in total. The number of halogens is 1. The Bertz CT molecular complexity index is 789. The largest absolute Gasteiger partial charge is 0.494 e. The monoisotopic (exact) mass is 420 g/mol. The Balaban J connectivity index is 0.00000420. The first kappa shape index (κ1) is 24.5. The number of amides is 1. The lowest BCUT2D eigenvalue weighted by atomic mass is 10.0. The van der Waals surface area contributed by atoms with Gasteiger partial charge in [0.2, 0.25) is 0 Å². The van der Waals surface area contributed by atoms with E-state index in [1.54, 1.807) is 45.3 Å². The molecule has 0 saturated carbocycles. The number of nitrogens with zero attached hydrogens (tertiary/aromatic N) is 2. The number of rotatable bonds is 8. The van der Waals surface area contributed by atoms with Crippen LogP contribution in [0.4, 0.5) is 4.79 Å². The zero-order valence-electron chi connectivity index (χ0n) is 17.5. The summed E-state index contributed by atoms with van der Waals surface area (Å²) < 4.78 is 11.1. The van der Waals surface area contributed by atoms with Crippen LogP contribution in [-0.2, 0) is 0 Å². The molecular weight excluding hydrogens is 392 g/mol. The van der Waals surface area contributed by atoms with Crippen molar-refractivity contribution in [2.45, 2.75) is 19.4 Å². The van der Waals surface area contributed by atoms with E-state index in [-0.39, 0.29) is 24.2 Å². The number of Topliss-reactive ketones (excluding diaryl/α,β-unsaturated/α-hetero) is 1. The number of benzene rings is 2. The number of hydrogen-bond donors (Lipinski definition) is 0. The van der Waals surface area contributed by atoms with Crippen LogP contribution in [0.1, 0.15) is 35.3 Å². The molecule has 0 saturated heterocycles. The highest BCUT2D eigenvalue weighted by atomic mass is 35.5. The molecule has 1 unspecified atom stereocenters. The van der Waals surface area contributed by atoms with Crippen molar-refractivity contribution in [1.82, 2.24) is 9.80 Å². The minimum atomic E-state index is -0.402. The van der Waals surface area contributed by atoms with Gasteiger partial charge < -0.3 is 19.3 Å². The second-order valence-corrected chi connectivity index (χ2v) is 7.03. The van der Waals surface area contributed by atoms with Crippen molar-refractivity contribution < 1.29 is 19.1 Å². The molecule has 0 aliphatic carbocycles. The fourth-order valence-corrected chi connectivity index (χ4v) is 2.75. The molecule has 0 aromatic heterocycles. The van der Waals surface area contributed by atoms with Crippen LogP contribution in [0.15, 0.2) is 48.5 Å². The molecule has 0 N–H and O–H groups in total. The van der Waals surface area contributed by atoms with Gasteiger partial charge in [0, 0.05) is 32.1 Å². The van der Waals surface area contributed by atoms with Crippen LogP contribution in [0.2, 0.25) is 0 Å². The van der Waals surface area contributed by atoms with Gasteiger partial charge in [-0.15, -0.1) is 12.4 Å². The molecule has 7 heteroatoms. The van der Waals surface area contributed by atoms with Crippen molar-refractivity contribution in [1.29, 1.82) is 0 Å². The molecule has 0 heterocycles. The van der Waals surface area contributed by atoms with Crippen molar-refractivity contribution in [2.75, 3.05) is 34.8 Å². The van der Waals surface area contributed by atoms with Gasteiger partial charge in [0.1, 0.15) is 11.5 Å². The quantitative estimate of drug-likeness (QED) is 0.591. The van der Waals surface area contributed by atoms with Gasteiger partial charge in [-0.1, -0.05) is 12.1 Å². The number of hydrogen-bond acceptors (Lipinski definition) is 5. The van der Waals surface area contributed by atoms with Crippen LogP contribution in [0, 0.1) is 0 Å². The SMILES string of the molecule is CC(=O)c1ccc(OCCC(c2ccc(OC(=O)N(C)C)cc2)N(C)C)cc1.Cl. The predicted molar refractivity (Wildman–Crippen MR) is 116 cm³/mol. The van der Waals surface area contributed by atoms with Crippen molar-refractivity contribution in [3.8, 4) is 11.5 Å².